The summed E-state index contributed by atoms with van der Waals surface area (Å²) in [4.78, 5) is 65.9. The normalized spacial score (nSPS) is 14.6. The van der Waals surface area contributed by atoms with Crippen LogP contribution in [0, 0.1) is 5.92 Å². The summed E-state index contributed by atoms with van der Waals surface area (Å²) in [5, 5.41) is 16.6. The van der Waals surface area contributed by atoms with Gasteiger partial charge in [0.2, 0.25) is 17.7 Å². The molecule has 0 radical (unpaired) electrons. The molecule has 11 heteroatoms. The summed E-state index contributed by atoms with van der Waals surface area (Å²) in [7, 11) is 0. The number of unbranched alkanes of at least 4 members (excludes halogenated alkanes) is 2. The highest BCUT2D eigenvalue weighted by molar-refractivity contribution is 6.12. The molecule has 1 aromatic carbocycles. The van der Waals surface area contributed by atoms with E-state index in [0.717, 1.165) is 10.5 Å². The molecule has 0 aliphatic carbocycles. The van der Waals surface area contributed by atoms with Gasteiger partial charge in [-0.3, -0.25) is 34.1 Å². The third-order valence-electron chi connectivity index (χ3n) is 5.66. The predicted octanol–water partition coefficient (Wildman–Crippen LogP) is 1.75. The lowest BCUT2D eigenvalue weighted by atomic mass is 10.0. The van der Waals surface area contributed by atoms with Crippen molar-refractivity contribution in [3.63, 3.8) is 0 Å². The van der Waals surface area contributed by atoms with Gasteiger partial charge in [0.05, 0.1) is 0 Å². The third-order valence-corrected chi connectivity index (χ3v) is 5.66. The van der Waals surface area contributed by atoms with Crippen molar-refractivity contribution < 1.29 is 34.1 Å². The highest BCUT2D eigenvalue weighted by Crippen LogP contribution is 2.12. The van der Waals surface area contributed by atoms with E-state index in [0.29, 0.717) is 31.5 Å². The second-order valence-electron chi connectivity index (χ2n) is 8.95. The zero-order chi connectivity index (χ0) is 26.7. The molecule has 0 spiro atoms. The molecule has 0 fully saturated rings. The quantitative estimate of drug-likeness (QED) is 0.131. The Hall–Kier alpha value is -3.57. The van der Waals surface area contributed by atoms with E-state index in [1.807, 2.05) is 0 Å². The summed E-state index contributed by atoms with van der Waals surface area (Å²) in [5.74, 6) is -2.02. The Labute approximate surface area is 210 Å². The molecule has 0 saturated carbocycles. The van der Waals surface area contributed by atoms with Crippen molar-refractivity contribution in [3.8, 4) is 0 Å². The highest BCUT2D eigenvalue weighted by atomic mass is 17.1. The summed E-state index contributed by atoms with van der Waals surface area (Å²) >= 11 is 0. The lowest BCUT2D eigenvalue weighted by Gasteiger charge is -2.24. The van der Waals surface area contributed by atoms with Gasteiger partial charge >= 0.3 is 0 Å². The van der Waals surface area contributed by atoms with Crippen LogP contribution in [0.25, 0.3) is 0 Å². The fraction of sp³-hybridized carbons (Fsp3) is 0.480. The Morgan fingerprint density at radius 3 is 2.14 bits per heavy atom. The van der Waals surface area contributed by atoms with Gasteiger partial charge in [-0.15, -0.1) is 0 Å². The van der Waals surface area contributed by atoms with Crippen LogP contribution in [0.4, 0.5) is 5.69 Å². The number of nitrogens with zero attached hydrogens (tertiary/aromatic N) is 1. The first-order valence-corrected chi connectivity index (χ1v) is 11.9. The van der Waals surface area contributed by atoms with Gasteiger partial charge < -0.3 is 16.0 Å². The van der Waals surface area contributed by atoms with Gasteiger partial charge in [-0.2, -0.15) is 0 Å². The maximum atomic E-state index is 12.8. The number of hydrogen-bond donors (Lipinski definition) is 4. The van der Waals surface area contributed by atoms with Gasteiger partial charge in [-0.25, -0.2) is 4.89 Å². The molecule has 0 aromatic heterocycles. The molecule has 0 bridgehead atoms. The van der Waals surface area contributed by atoms with Crippen LogP contribution in [0.1, 0.15) is 52.0 Å². The second-order valence-corrected chi connectivity index (χ2v) is 8.95. The Morgan fingerprint density at radius 2 is 1.56 bits per heavy atom. The summed E-state index contributed by atoms with van der Waals surface area (Å²) in [6.45, 7) is 5.48. The van der Waals surface area contributed by atoms with E-state index in [4.69, 9.17) is 5.26 Å². The van der Waals surface area contributed by atoms with Gasteiger partial charge in [-0.1, -0.05) is 32.4 Å². The molecule has 196 valence electrons. The second kappa shape index (κ2) is 14.1. The van der Waals surface area contributed by atoms with Gasteiger partial charge in [0, 0.05) is 30.8 Å². The minimum atomic E-state index is -0.846. The SMILES string of the molecule is CC(C)[C@@H](NC(=O)CCCCCN1C(=O)C=CC1=O)C(=O)N[C@H](C)C(=O)Nc1ccc(COO)cc1. The maximum Gasteiger partial charge on any atom is 0.253 e. The average molecular weight is 503 g/mol. The van der Waals surface area contributed by atoms with E-state index in [9.17, 15) is 24.0 Å². The van der Waals surface area contributed by atoms with Gasteiger partial charge in [0.1, 0.15) is 18.7 Å². The maximum absolute atomic E-state index is 12.8. The zero-order valence-corrected chi connectivity index (χ0v) is 20.8. The molecule has 2 atom stereocenters. The van der Waals surface area contributed by atoms with Gasteiger partial charge in [-0.05, 0) is 43.4 Å². The minimum absolute atomic E-state index is 0.0291. The zero-order valence-electron chi connectivity index (χ0n) is 20.8. The van der Waals surface area contributed by atoms with Crippen LogP contribution >= 0.6 is 0 Å². The van der Waals surface area contributed by atoms with Crippen molar-refractivity contribution in [2.24, 2.45) is 5.92 Å². The Bertz CT molecular complexity index is 957. The van der Waals surface area contributed by atoms with Gasteiger partial charge in [0.25, 0.3) is 11.8 Å². The summed E-state index contributed by atoms with van der Waals surface area (Å²) in [6.07, 6.45) is 4.46. The summed E-state index contributed by atoms with van der Waals surface area (Å²) in [6, 6.07) is 5.01. The Morgan fingerprint density at radius 1 is 0.917 bits per heavy atom. The molecule has 0 saturated heterocycles. The molecular formula is C25H34N4O7. The lowest BCUT2D eigenvalue weighted by Crippen LogP contribution is -2.53. The summed E-state index contributed by atoms with van der Waals surface area (Å²) in [5.41, 5.74) is 1.24. The molecule has 1 aromatic rings. The van der Waals surface area contributed by atoms with Crippen LogP contribution in [0.2, 0.25) is 0 Å². The molecule has 2 rings (SSSR count). The number of benzene rings is 1. The first-order chi connectivity index (χ1) is 17.1. The molecule has 1 heterocycles. The molecular weight excluding hydrogens is 468 g/mol. The number of rotatable bonds is 14. The molecule has 4 N–H and O–H groups in total. The fourth-order valence-electron chi connectivity index (χ4n) is 3.54. The third kappa shape index (κ3) is 8.90. The number of anilines is 1. The molecule has 36 heavy (non-hydrogen) atoms. The number of carbonyl (C=O) groups is 5. The standard InChI is InChI=1S/C25H34N4O7/c1-16(2)23(28-20(30)7-5-4-6-14-29-21(31)12-13-22(29)32)25(34)26-17(3)24(33)27-19-10-8-18(9-11-19)15-36-35/h8-13,16-17,23,35H,4-7,14-15H2,1-3H3,(H,26,34)(H,27,33)(H,28,30)/t17-,23-/m1/s1. The van der Waals surface area contributed by atoms with Crippen molar-refractivity contribution in [1.82, 2.24) is 15.5 Å². The van der Waals surface area contributed by atoms with E-state index < -0.39 is 23.9 Å². The van der Waals surface area contributed by atoms with Crippen molar-refractivity contribution in [1.29, 1.82) is 0 Å². The number of amides is 5. The van der Waals surface area contributed by atoms with Crippen LogP contribution in [-0.2, 0) is 35.5 Å². The molecule has 0 unspecified atom stereocenters. The first kappa shape index (κ1) is 28.7. The van der Waals surface area contributed by atoms with Crippen LogP contribution in [0.3, 0.4) is 0 Å². The largest absolute Gasteiger partial charge is 0.344 e. The topological polar surface area (TPSA) is 154 Å². The molecule has 1 aliphatic rings. The van der Waals surface area contributed by atoms with E-state index in [1.54, 1.807) is 45.0 Å². The highest BCUT2D eigenvalue weighted by Gasteiger charge is 2.27. The average Bonchev–Trinajstić information content (AvgIpc) is 3.15. The van der Waals surface area contributed by atoms with E-state index in [2.05, 4.69) is 20.8 Å². The summed E-state index contributed by atoms with van der Waals surface area (Å²) < 4.78 is 0. The van der Waals surface area contributed by atoms with Crippen molar-refractivity contribution in [2.75, 3.05) is 11.9 Å². The van der Waals surface area contributed by atoms with Crippen LogP contribution < -0.4 is 16.0 Å². The minimum Gasteiger partial charge on any atom is -0.344 e. The van der Waals surface area contributed by atoms with Crippen LogP contribution in [0.15, 0.2) is 36.4 Å². The van der Waals surface area contributed by atoms with Crippen LogP contribution in [-0.4, -0.2) is 58.3 Å². The number of carbonyl (C=O) groups excluding carboxylic acids is 5. The van der Waals surface area contributed by atoms with E-state index in [1.165, 1.54) is 12.2 Å². The Kier molecular flexibility index (Phi) is 11.2. The molecule has 5 amide bonds. The van der Waals surface area contributed by atoms with Crippen molar-refractivity contribution >= 4 is 35.2 Å². The molecule has 1 aliphatic heterocycles. The number of nitrogens with one attached hydrogen (secondary N) is 3. The van der Waals surface area contributed by atoms with E-state index >= 15 is 0 Å². The molecule has 11 nitrogen and oxygen atoms in total. The lowest BCUT2D eigenvalue weighted by molar-refractivity contribution is -0.253. The fourth-order valence-corrected chi connectivity index (χ4v) is 3.54. The van der Waals surface area contributed by atoms with Crippen molar-refractivity contribution in [3.05, 3.63) is 42.0 Å². The number of imide groups is 1. The van der Waals surface area contributed by atoms with E-state index in [-0.39, 0.29) is 36.7 Å². The van der Waals surface area contributed by atoms with Crippen LogP contribution in [0.5, 0.6) is 0 Å². The predicted molar refractivity (Wildman–Crippen MR) is 131 cm³/mol. The Balaban J connectivity index is 1.75. The first-order valence-electron chi connectivity index (χ1n) is 11.9. The monoisotopic (exact) mass is 502 g/mol. The number of hydrogen-bond acceptors (Lipinski definition) is 7. The smallest absolute Gasteiger partial charge is 0.253 e. The van der Waals surface area contributed by atoms with Crippen molar-refractivity contribution in [2.45, 2.75) is 65.1 Å². The van der Waals surface area contributed by atoms with Gasteiger partial charge in [0.15, 0.2) is 0 Å².